The molecule has 3 rings (SSSR count). The van der Waals surface area contributed by atoms with Crippen LogP contribution in [0.2, 0.25) is 0 Å². The molecule has 0 heterocycles. The number of hydrogen-bond acceptors (Lipinski definition) is 2. The molecule has 0 atom stereocenters. The van der Waals surface area contributed by atoms with Gasteiger partial charge in [0, 0.05) is 23.8 Å². The van der Waals surface area contributed by atoms with Crippen molar-refractivity contribution in [1.29, 1.82) is 0 Å². The van der Waals surface area contributed by atoms with Crippen molar-refractivity contribution >= 4 is 11.6 Å². The topological polar surface area (TPSA) is 46.3 Å². The third-order valence-electron chi connectivity index (χ3n) is 3.94. The Balaban J connectivity index is 1.83. The lowest BCUT2D eigenvalue weighted by atomic mass is 10.1. The lowest BCUT2D eigenvalue weighted by Crippen LogP contribution is -2.32. The number of nitrogens with zero attached hydrogens (tertiary/aromatic N) is 1. The van der Waals surface area contributed by atoms with Crippen molar-refractivity contribution in [2.24, 2.45) is 0 Å². The van der Waals surface area contributed by atoms with E-state index in [2.05, 4.69) is 0 Å². The maximum Gasteiger partial charge on any atom is 0.254 e. The van der Waals surface area contributed by atoms with E-state index in [0.717, 1.165) is 35.2 Å². The number of nitrogens with two attached hydrogens (primary N) is 1. The molecule has 0 spiro atoms. The van der Waals surface area contributed by atoms with Gasteiger partial charge < -0.3 is 10.6 Å². The number of rotatable bonds is 4. The highest BCUT2D eigenvalue weighted by Gasteiger charge is 2.33. The van der Waals surface area contributed by atoms with Crippen molar-refractivity contribution in [3.8, 4) is 0 Å². The quantitative estimate of drug-likeness (QED) is 0.873. The minimum absolute atomic E-state index is 0.0979. The minimum Gasteiger partial charge on any atom is -0.398 e. The fraction of sp³-hybridized carbons (Fsp3) is 0.278. The summed E-state index contributed by atoms with van der Waals surface area (Å²) in [4.78, 5) is 14.7. The van der Waals surface area contributed by atoms with Gasteiger partial charge in [0.15, 0.2) is 0 Å². The first-order valence-electron chi connectivity index (χ1n) is 7.36. The number of carbonyl (C=O) groups is 1. The number of nitrogen functional groups attached to an aromatic ring is 1. The van der Waals surface area contributed by atoms with Crippen LogP contribution >= 0.6 is 0 Å². The lowest BCUT2D eigenvalue weighted by molar-refractivity contribution is 0.0730. The first kappa shape index (κ1) is 13.7. The van der Waals surface area contributed by atoms with Gasteiger partial charge in [-0.3, -0.25) is 4.79 Å². The maximum atomic E-state index is 12.7. The van der Waals surface area contributed by atoms with Crippen molar-refractivity contribution in [1.82, 2.24) is 4.90 Å². The second-order valence-electron chi connectivity index (χ2n) is 5.73. The Bertz CT molecular complexity index is 645. The molecule has 1 fully saturated rings. The predicted octanol–water partition coefficient (Wildman–Crippen LogP) is 3.38. The SMILES string of the molecule is Cc1ccc(C(=O)N(Cc2ccccc2N)C2CC2)cc1. The zero-order chi connectivity index (χ0) is 14.8. The Kier molecular flexibility index (Phi) is 3.65. The Morgan fingerprint density at radius 3 is 2.43 bits per heavy atom. The molecule has 0 radical (unpaired) electrons. The van der Waals surface area contributed by atoms with Crippen LogP contribution in [-0.2, 0) is 6.54 Å². The average molecular weight is 280 g/mol. The molecule has 0 bridgehead atoms. The van der Waals surface area contributed by atoms with Crippen LogP contribution in [0.3, 0.4) is 0 Å². The Hall–Kier alpha value is -2.29. The van der Waals surface area contributed by atoms with Gasteiger partial charge in [-0.05, 0) is 43.5 Å². The average Bonchev–Trinajstić information content (AvgIpc) is 3.31. The molecule has 0 aliphatic heterocycles. The Morgan fingerprint density at radius 2 is 1.81 bits per heavy atom. The summed E-state index contributed by atoms with van der Waals surface area (Å²) in [6.45, 7) is 2.61. The van der Waals surface area contributed by atoms with E-state index in [4.69, 9.17) is 5.73 Å². The van der Waals surface area contributed by atoms with Gasteiger partial charge in [0.25, 0.3) is 5.91 Å². The summed E-state index contributed by atoms with van der Waals surface area (Å²) in [5.74, 6) is 0.0979. The molecule has 0 unspecified atom stereocenters. The summed E-state index contributed by atoms with van der Waals surface area (Å²) in [5.41, 5.74) is 9.69. The van der Waals surface area contributed by atoms with Crippen molar-refractivity contribution in [3.05, 3.63) is 65.2 Å². The van der Waals surface area contributed by atoms with Gasteiger partial charge in [-0.1, -0.05) is 35.9 Å². The monoisotopic (exact) mass is 280 g/mol. The molecule has 21 heavy (non-hydrogen) atoms. The van der Waals surface area contributed by atoms with Gasteiger partial charge in [0.05, 0.1) is 0 Å². The molecule has 2 N–H and O–H groups in total. The molecule has 1 aliphatic rings. The van der Waals surface area contributed by atoms with Crippen molar-refractivity contribution in [3.63, 3.8) is 0 Å². The zero-order valence-corrected chi connectivity index (χ0v) is 12.3. The lowest BCUT2D eigenvalue weighted by Gasteiger charge is -2.23. The predicted molar refractivity (Wildman–Crippen MR) is 84.9 cm³/mol. The van der Waals surface area contributed by atoms with Crippen LogP contribution < -0.4 is 5.73 Å². The molecule has 2 aromatic rings. The minimum atomic E-state index is 0.0979. The molecular formula is C18H20N2O. The van der Waals surface area contributed by atoms with Crippen LogP contribution in [0.1, 0.15) is 34.3 Å². The fourth-order valence-corrected chi connectivity index (χ4v) is 2.48. The molecule has 0 aromatic heterocycles. The van der Waals surface area contributed by atoms with E-state index in [-0.39, 0.29) is 5.91 Å². The molecule has 3 nitrogen and oxygen atoms in total. The smallest absolute Gasteiger partial charge is 0.254 e. The van der Waals surface area contributed by atoms with E-state index in [1.54, 1.807) is 0 Å². The zero-order valence-electron chi connectivity index (χ0n) is 12.3. The van der Waals surface area contributed by atoms with E-state index in [0.29, 0.717) is 12.6 Å². The number of aryl methyl sites for hydroxylation is 1. The maximum absolute atomic E-state index is 12.7. The molecule has 108 valence electrons. The largest absolute Gasteiger partial charge is 0.398 e. The highest BCUT2D eigenvalue weighted by Crippen LogP contribution is 2.30. The number of benzene rings is 2. The van der Waals surface area contributed by atoms with Crippen LogP contribution in [-0.4, -0.2) is 16.8 Å². The summed E-state index contributed by atoms with van der Waals surface area (Å²) in [6, 6.07) is 15.9. The van der Waals surface area contributed by atoms with Crippen LogP contribution in [0.4, 0.5) is 5.69 Å². The molecule has 3 heteroatoms. The molecule has 1 aliphatic carbocycles. The summed E-state index contributed by atoms with van der Waals surface area (Å²) in [6.07, 6.45) is 2.18. The van der Waals surface area contributed by atoms with E-state index >= 15 is 0 Å². The van der Waals surface area contributed by atoms with Crippen molar-refractivity contribution < 1.29 is 4.79 Å². The molecular weight excluding hydrogens is 260 g/mol. The number of anilines is 1. The molecule has 0 saturated heterocycles. The summed E-state index contributed by atoms with van der Waals surface area (Å²) in [7, 11) is 0. The van der Waals surface area contributed by atoms with Crippen molar-refractivity contribution in [2.45, 2.75) is 32.4 Å². The van der Waals surface area contributed by atoms with Gasteiger partial charge in [0.1, 0.15) is 0 Å². The molecule has 1 saturated carbocycles. The Morgan fingerprint density at radius 1 is 1.14 bits per heavy atom. The summed E-state index contributed by atoms with van der Waals surface area (Å²) >= 11 is 0. The first-order chi connectivity index (χ1) is 10.1. The third kappa shape index (κ3) is 3.07. The standard InChI is InChI=1S/C18H20N2O/c1-13-6-8-14(9-7-13)18(21)20(16-10-11-16)12-15-4-2-3-5-17(15)19/h2-9,16H,10-12,19H2,1H3. The van der Waals surface area contributed by atoms with Gasteiger partial charge in [-0.15, -0.1) is 0 Å². The second kappa shape index (κ2) is 5.60. The number of para-hydroxylation sites is 1. The van der Waals surface area contributed by atoms with Crippen LogP contribution in [0.15, 0.2) is 48.5 Å². The number of hydrogen-bond donors (Lipinski definition) is 1. The van der Waals surface area contributed by atoms with E-state index in [1.165, 1.54) is 0 Å². The molecule has 2 aromatic carbocycles. The fourth-order valence-electron chi connectivity index (χ4n) is 2.48. The normalized spacial score (nSPS) is 14.0. The van der Waals surface area contributed by atoms with Gasteiger partial charge in [-0.2, -0.15) is 0 Å². The number of carbonyl (C=O) groups excluding carboxylic acids is 1. The number of amides is 1. The van der Waals surface area contributed by atoms with E-state index < -0.39 is 0 Å². The van der Waals surface area contributed by atoms with Gasteiger partial charge in [0.2, 0.25) is 0 Å². The molecule has 1 amide bonds. The summed E-state index contributed by atoms with van der Waals surface area (Å²) in [5, 5.41) is 0. The highest BCUT2D eigenvalue weighted by molar-refractivity contribution is 5.94. The van der Waals surface area contributed by atoms with Crippen LogP contribution in [0, 0.1) is 6.92 Å². The van der Waals surface area contributed by atoms with Gasteiger partial charge in [-0.25, -0.2) is 0 Å². The van der Waals surface area contributed by atoms with Crippen LogP contribution in [0.25, 0.3) is 0 Å². The van der Waals surface area contributed by atoms with E-state index in [9.17, 15) is 4.79 Å². The van der Waals surface area contributed by atoms with Crippen molar-refractivity contribution in [2.75, 3.05) is 5.73 Å². The summed E-state index contributed by atoms with van der Waals surface area (Å²) < 4.78 is 0. The van der Waals surface area contributed by atoms with Crippen LogP contribution in [0.5, 0.6) is 0 Å². The first-order valence-corrected chi connectivity index (χ1v) is 7.36. The van der Waals surface area contributed by atoms with Gasteiger partial charge >= 0.3 is 0 Å². The van der Waals surface area contributed by atoms with E-state index in [1.807, 2.05) is 60.4 Å². The Labute approximate surface area is 125 Å². The highest BCUT2D eigenvalue weighted by atomic mass is 16.2. The second-order valence-corrected chi connectivity index (χ2v) is 5.73. The third-order valence-corrected chi connectivity index (χ3v) is 3.94.